The molecule has 106 valence electrons. The number of nitrogens with zero attached hydrogens (tertiary/aromatic N) is 1. The van der Waals surface area contributed by atoms with Crippen LogP contribution in [0.15, 0.2) is 48.8 Å². The van der Waals surface area contributed by atoms with Gasteiger partial charge in [0, 0.05) is 25.5 Å². The maximum atomic E-state index is 6.05. The molecular weight excluding hydrogens is 248 g/mol. The molecule has 1 atom stereocenters. The molecule has 1 unspecified atom stereocenters. The van der Waals surface area contributed by atoms with Gasteiger partial charge in [-0.2, -0.15) is 0 Å². The van der Waals surface area contributed by atoms with E-state index in [2.05, 4.69) is 36.3 Å². The number of hydrogen-bond acceptors (Lipinski definition) is 3. The Morgan fingerprint density at radius 1 is 1.20 bits per heavy atom. The Labute approximate surface area is 121 Å². The molecule has 20 heavy (non-hydrogen) atoms. The molecule has 0 spiro atoms. The van der Waals surface area contributed by atoms with E-state index in [1.165, 1.54) is 11.1 Å². The van der Waals surface area contributed by atoms with Gasteiger partial charge in [0.25, 0.3) is 0 Å². The third-order valence-electron chi connectivity index (χ3n) is 3.27. The highest BCUT2D eigenvalue weighted by molar-refractivity contribution is 5.31. The van der Waals surface area contributed by atoms with E-state index in [4.69, 9.17) is 4.74 Å². The average Bonchev–Trinajstić information content (AvgIpc) is 2.49. The molecule has 0 bridgehead atoms. The zero-order chi connectivity index (χ0) is 14.2. The number of rotatable bonds is 7. The number of aryl methyl sites for hydroxylation is 1. The van der Waals surface area contributed by atoms with Crippen molar-refractivity contribution in [2.24, 2.45) is 0 Å². The van der Waals surface area contributed by atoms with Crippen molar-refractivity contribution in [3.8, 4) is 5.75 Å². The smallest absolute Gasteiger partial charge is 0.122 e. The molecule has 1 N–H and O–H groups in total. The van der Waals surface area contributed by atoms with E-state index in [-0.39, 0.29) is 6.10 Å². The Balaban J connectivity index is 1.82. The Hall–Kier alpha value is -1.87. The quantitative estimate of drug-likeness (QED) is 0.838. The highest BCUT2D eigenvalue weighted by Crippen LogP contribution is 2.18. The van der Waals surface area contributed by atoms with Gasteiger partial charge in [-0.3, -0.25) is 4.98 Å². The van der Waals surface area contributed by atoms with Crippen LogP contribution in [0.2, 0.25) is 0 Å². The van der Waals surface area contributed by atoms with Gasteiger partial charge in [-0.05, 0) is 36.6 Å². The van der Waals surface area contributed by atoms with E-state index in [1.807, 2.05) is 30.5 Å². The Kier molecular flexibility index (Phi) is 5.56. The molecular formula is C17H22N2O. The highest BCUT2D eigenvalue weighted by atomic mass is 16.5. The summed E-state index contributed by atoms with van der Waals surface area (Å²) in [5.74, 6) is 0.975. The molecule has 1 aromatic carbocycles. The maximum absolute atomic E-state index is 6.05. The van der Waals surface area contributed by atoms with Crippen LogP contribution >= 0.6 is 0 Å². The molecule has 0 aliphatic heterocycles. The highest BCUT2D eigenvalue weighted by Gasteiger charge is 2.09. The molecule has 2 aromatic rings. The third kappa shape index (κ3) is 4.35. The maximum Gasteiger partial charge on any atom is 0.122 e. The lowest BCUT2D eigenvalue weighted by Gasteiger charge is -2.19. The number of aromatic nitrogens is 1. The fourth-order valence-electron chi connectivity index (χ4n) is 2.02. The monoisotopic (exact) mass is 270 g/mol. The van der Waals surface area contributed by atoms with Gasteiger partial charge in [0.15, 0.2) is 0 Å². The zero-order valence-electron chi connectivity index (χ0n) is 12.2. The van der Waals surface area contributed by atoms with Gasteiger partial charge in [-0.25, -0.2) is 0 Å². The van der Waals surface area contributed by atoms with Crippen LogP contribution in [0.5, 0.6) is 5.75 Å². The summed E-state index contributed by atoms with van der Waals surface area (Å²) in [5.41, 5.74) is 2.37. The number of ether oxygens (including phenoxy) is 1. The molecule has 0 saturated heterocycles. The van der Waals surface area contributed by atoms with E-state index < -0.39 is 0 Å². The van der Waals surface area contributed by atoms with Crippen LogP contribution in [-0.2, 0) is 6.54 Å². The predicted octanol–water partition coefficient (Wildman–Crippen LogP) is 3.34. The largest absolute Gasteiger partial charge is 0.489 e. The van der Waals surface area contributed by atoms with Gasteiger partial charge in [0.05, 0.1) is 0 Å². The minimum absolute atomic E-state index is 0.188. The number of hydrogen-bond donors (Lipinski definition) is 1. The van der Waals surface area contributed by atoms with Gasteiger partial charge in [-0.15, -0.1) is 0 Å². The average molecular weight is 270 g/mol. The van der Waals surface area contributed by atoms with Crippen molar-refractivity contribution in [3.63, 3.8) is 0 Å². The minimum Gasteiger partial charge on any atom is -0.489 e. The first kappa shape index (κ1) is 14.5. The van der Waals surface area contributed by atoms with E-state index in [0.717, 1.165) is 25.3 Å². The van der Waals surface area contributed by atoms with Crippen molar-refractivity contribution in [1.29, 1.82) is 0 Å². The summed E-state index contributed by atoms with van der Waals surface area (Å²) in [6.45, 7) is 5.88. The SMILES string of the molecule is CCC(CNCc1cccnc1)Oc1ccccc1C. The van der Waals surface area contributed by atoms with Gasteiger partial charge in [0.1, 0.15) is 11.9 Å². The van der Waals surface area contributed by atoms with Crippen molar-refractivity contribution in [2.45, 2.75) is 32.9 Å². The summed E-state index contributed by atoms with van der Waals surface area (Å²) in [6.07, 6.45) is 4.84. The standard InChI is InChI=1S/C17H22N2O/c1-3-16(20-17-9-5-4-7-14(17)2)13-19-12-15-8-6-10-18-11-15/h4-11,16,19H,3,12-13H2,1-2H3. The summed E-state index contributed by atoms with van der Waals surface area (Å²) in [5, 5.41) is 3.43. The first-order valence-electron chi connectivity index (χ1n) is 7.11. The molecule has 0 aliphatic rings. The third-order valence-corrected chi connectivity index (χ3v) is 3.27. The van der Waals surface area contributed by atoms with Crippen LogP contribution in [0.3, 0.4) is 0 Å². The molecule has 0 fully saturated rings. The second-order valence-electron chi connectivity index (χ2n) is 4.91. The summed E-state index contributed by atoms with van der Waals surface area (Å²) in [4.78, 5) is 4.11. The van der Waals surface area contributed by atoms with Crippen LogP contribution in [-0.4, -0.2) is 17.6 Å². The fourth-order valence-corrected chi connectivity index (χ4v) is 2.02. The van der Waals surface area contributed by atoms with Crippen LogP contribution in [0.4, 0.5) is 0 Å². The van der Waals surface area contributed by atoms with E-state index in [0.29, 0.717) is 0 Å². The fraction of sp³-hybridized carbons (Fsp3) is 0.353. The Bertz CT molecular complexity index is 513. The number of pyridine rings is 1. The molecule has 3 heteroatoms. The van der Waals surface area contributed by atoms with Crippen LogP contribution < -0.4 is 10.1 Å². The van der Waals surface area contributed by atoms with Crippen molar-refractivity contribution in [1.82, 2.24) is 10.3 Å². The molecule has 1 aromatic heterocycles. The molecule has 1 heterocycles. The lowest BCUT2D eigenvalue weighted by atomic mass is 10.2. The van der Waals surface area contributed by atoms with Crippen LogP contribution in [0.25, 0.3) is 0 Å². The summed E-state index contributed by atoms with van der Waals surface area (Å²) in [6, 6.07) is 12.2. The minimum atomic E-state index is 0.188. The number of nitrogens with one attached hydrogen (secondary N) is 1. The first-order chi connectivity index (χ1) is 9.79. The van der Waals surface area contributed by atoms with Gasteiger partial charge < -0.3 is 10.1 Å². The van der Waals surface area contributed by atoms with Crippen molar-refractivity contribution >= 4 is 0 Å². The Morgan fingerprint density at radius 2 is 2.05 bits per heavy atom. The lowest BCUT2D eigenvalue weighted by molar-refractivity contribution is 0.192. The van der Waals surface area contributed by atoms with Gasteiger partial charge in [-0.1, -0.05) is 31.2 Å². The van der Waals surface area contributed by atoms with Gasteiger partial charge >= 0.3 is 0 Å². The molecule has 0 saturated carbocycles. The van der Waals surface area contributed by atoms with E-state index in [1.54, 1.807) is 6.20 Å². The second-order valence-corrected chi connectivity index (χ2v) is 4.91. The first-order valence-corrected chi connectivity index (χ1v) is 7.11. The van der Waals surface area contributed by atoms with Crippen molar-refractivity contribution in [2.75, 3.05) is 6.54 Å². The molecule has 2 rings (SSSR count). The Morgan fingerprint density at radius 3 is 2.75 bits per heavy atom. The van der Waals surface area contributed by atoms with E-state index >= 15 is 0 Å². The summed E-state index contributed by atoms with van der Waals surface area (Å²) >= 11 is 0. The van der Waals surface area contributed by atoms with Gasteiger partial charge in [0.2, 0.25) is 0 Å². The lowest BCUT2D eigenvalue weighted by Crippen LogP contribution is -2.30. The molecule has 3 nitrogen and oxygen atoms in total. The topological polar surface area (TPSA) is 34.2 Å². The summed E-state index contributed by atoms with van der Waals surface area (Å²) in [7, 11) is 0. The predicted molar refractivity (Wildman–Crippen MR) is 81.8 cm³/mol. The van der Waals surface area contributed by atoms with Crippen LogP contribution in [0.1, 0.15) is 24.5 Å². The van der Waals surface area contributed by atoms with Crippen LogP contribution in [0, 0.1) is 6.92 Å². The molecule has 0 radical (unpaired) electrons. The van der Waals surface area contributed by atoms with E-state index in [9.17, 15) is 0 Å². The normalized spacial score (nSPS) is 12.1. The second kappa shape index (κ2) is 7.65. The molecule has 0 amide bonds. The van der Waals surface area contributed by atoms with Crippen molar-refractivity contribution in [3.05, 3.63) is 59.9 Å². The number of benzene rings is 1. The molecule has 0 aliphatic carbocycles. The van der Waals surface area contributed by atoms with Crippen molar-refractivity contribution < 1.29 is 4.74 Å². The number of para-hydroxylation sites is 1. The zero-order valence-corrected chi connectivity index (χ0v) is 12.2. The summed E-state index contributed by atoms with van der Waals surface area (Å²) < 4.78 is 6.05.